The van der Waals surface area contributed by atoms with Crippen molar-refractivity contribution in [2.45, 2.75) is 43.6 Å². The summed E-state index contributed by atoms with van der Waals surface area (Å²) in [5.74, 6) is -1.33. The molecule has 7 heteroatoms. The van der Waals surface area contributed by atoms with Gasteiger partial charge in [0, 0.05) is 11.5 Å². The highest BCUT2D eigenvalue weighted by Gasteiger charge is 2.31. The van der Waals surface area contributed by atoms with E-state index in [4.69, 9.17) is 0 Å². The number of benzene rings is 1. The van der Waals surface area contributed by atoms with E-state index in [1.54, 1.807) is 0 Å². The number of pyridine rings is 1. The number of para-hydroxylation sites is 1. The summed E-state index contributed by atoms with van der Waals surface area (Å²) < 4.78 is 12.7. The maximum atomic E-state index is 12.7. The van der Waals surface area contributed by atoms with Crippen molar-refractivity contribution in [2.24, 2.45) is 11.8 Å². The van der Waals surface area contributed by atoms with Crippen molar-refractivity contribution in [3.05, 3.63) is 36.4 Å². The topological polar surface area (TPSA) is 87.5 Å². The number of nitrogens with zero attached hydrogens (tertiary/aromatic N) is 1. The van der Waals surface area contributed by atoms with Crippen LogP contribution in [0.1, 0.15) is 38.5 Å². The molecule has 1 aromatic carbocycles. The average Bonchev–Trinajstić information content (AvgIpc) is 2.66. The van der Waals surface area contributed by atoms with Crippen LogP contribution in [-0.4, -0.2) is 32.6 Å². The smallest absolute Gasteiger partial charge is 0.307 e. The molecule has 5 nitrogen and oxygen atoms in total. The summed E-state index contributed by atoms with van der Waals surface area (Å²) in [4.78, 5) is 26.5. The van der Waals surface area contributed by atoms with E-state index < -0.39 is 19.3 Å². The van der Waals surface area contributed by atoms with Gasteiger partial charge in [0.2, 0.25) is 7.37 Å². The maximum Gasteiger partial charge on any atom is 0.307 e. The third-order valence-electron chi connectivity index (χ3n) is 5.18. The Morgan fingerprint density at radius 2 is 1.93 bits per heavy atom. The van der Waals surface area contributed by atoms with Crippen molar-refractivity contribution in [3.63, 3.8) is 0 Å². The second kappa shape index (κ2) is 9.22. The average molecular weight is 407 g/mol. The first-order valence-corrected chi connectivity index (χ1v) is 12.5. The predicted octanol–water partition coefficient (Wildman–Crippen LogP) is 5.23. The summed E-state index contributed by atoms with van der Waals surface area (Å²) >= 11 is 1.22. The second-order valence-electron chi connectivity index (χ2n) is 7.42. The number of fused-ring (bicyclic) bond motifs is 1. The first kappa shape index (κ1) is 20.4. The Kier molecular flexibility index (Phi) is 6.96. The van der Waals surface area contributed by atoms with Gasteiger partial charge in [-0.25, -0.2) is 4.98 Å². The van der Waals surface area contributed by atoms with E-state index in [2.05, 4.69) is 4.98 Å². The van der Waals surface area contributed by atoms with Crippen molar-refractivity contribution in [3.8, 4) is 0 Å². The Balaban J connectivity index is 1.59. The Hall–Kier alpha value is -1.36. The Bertz CT molecular complexity index is 838. The molecule has 1 aliphatic rings. The highest BCUT2D eigenvalue weighted by atomic mass is 32.2. The zero-order chi connectivity index (χ0) is 19.3. The minimum absolute atomic E-state index is 0.00716. The van der Waals surface area contributed by atoms with E-state index >= 15 is 0 Å². The molecule has 2 atom stereocenters. The molecule has 0 aliphatic heterocycles. The molecule has 2 N–H and O–H groups in total. The number of carboxylic acid groups (broad SMARTS) is 1. The lowest BCUT2D eigenvalue weighted by atomic mass is 9.83. The third-order valence-corrected chi connectivity index (χ3v) is 8.85. The molecule has 2 unspecified atom stereocenters. The summed E-state index contributed by atoms with van der Waals surface area (Å²) in [7, 11) is -3.55. The Labute approximate surface area is 164 Å². The van der Waals surface area contributed by atoms with Gasteiger partial charge >= 0.3 is 5.97 Å². The van der Waals surface area contributed by atoms with Gasteiger partial charge in [-0.05, 0) is 24.5 Å². The van der Waals surface area contributed by atoms with Crippen LogP contribution in [0.25, 0.3) is 10.9 Å². The zero-order valence-electron chi connectivity index (χ0n) is 15.3. The number of aliphatic carboxylic acids is 1. The highest BCUT2D eigenvalue weighted by Crippen LogP contribution is 2.48. The van der Waals surface area contributed by atoms with E-state index in [0.29, 0.717) is 17.4 Å². The lowest BCUT2D eigenvalue weighted by Gasteiger charge is -2.25. The SMILES string of the molecule is O=C(O)C(CC1CCCCC1)CP(=O)(O)CSc1ccc2ccccc2n1. The molecule has 0 saturated heterocycles. The minimum Gasteiger partial charge on any atom is -0.481 e. The molecule has 146 valence electrons. The van der Waals surface area contributed by atoms with Gasteiger partial charge in [0.1, 0.15) is 0 Å². The normalized spacial score (nSPS) is 18.9. The number of thioether (sulfide) groups is 1. The van der Waals surface area contributed by atoms with Crippen LogP contribution in [0.2, 0.25) is 0 Å². The van der Waals surface area contributed by atoms with Crippen LogP contribution in [0.4, 0.5) is 0 Å². The number of aromatic nitrogens is 1. The van der Waals surface area contributed by atoms with Crippen LogP contribution < -0.4 is 0 Å². The van der Waals surface area contributed by atoms with Crippen molar-refractivity contribution in [1.82, 2.24) is 4.98 Å². The summed E-state index contributed by atoms with van der Waals surface area (Å²) in [5.41, 5.74) is 0.836. The van der Waals surface area contributed by atoms with E-state index in [-0.39, 0.29) is 11.7 Å². The van der Waals surface area contributed by atoms with E-state index in [9.17, 15) is 19.4 Å². The van der Waals surface area contributed by atoms with Crippen molar-refractivity contribution in [1.29, 1.82) is 0 Å². The summed E-state index contributed by atoms with van der Waals surface area (Å²) in [6.45, 7) is 0. The highest BCUT2D eigenvalue weighted by molar-refractivity contribution is 8.04. The molecule has 1 aliphatic carbocycles. The van der Waals surface area contributed by atoms with Crippen LogP contribution in [0, 0.1) is 11.8 Å². The minimum atomic E-state index is -3.55. The van der Waals surface area contributed by atoms with Crippen LogP contribution in [0.15, 0.2) is 41.4 Å². The maximum absolute atomic E-state index is 12.7. The molecule has 27 heavy (non-hydrogen) atoms. The molecule has 0 spiro atoms. The standard InChI is InChI=1S/C20H26NO4PS/c22-20(23)17(12-15-6-2-1-3-7-15)13-26(24,25)14-27-19-11-10-16-8-4-5-9-18(16)21-19/h4-5,8-11,15,17H,1-3,6-7,12-14H2,(H,22,23)(H,24,25). The molecule has 3 rings (SSSR count). The summed E-state index contributed by atoms with van der Waals surface area (Å²) in [5, 5.41) is 11.2. The Morgan fingerprint density at radius 3 is 2.67 bits per heavy atom. The molecule has 2 aromatic rings. The van der Waals surface area contributed by atoms with Gasteiger partial charge in [0.25, 0.3) is 0 Å². The number of hydrogen-bond acceptors (Lipinski definition) is 4. The quantitative estimate of drug-likeness (QED) is 0.460. The van der Waals surface area contributed by atoms with Crippen LogP contribution in [0.3, 0.4) is 0 Å². The van der Waals surface area contributed by atoms with Crippen LogP contribution in [0.5, 0.6) is 0 Å². The largest absolute Gasteiger partial charge is 0.481 e. The van der Waals surface area contributed by atoms with Crippen LogP contribution in [-0.2, 0) is 9.36 Å². The van der Waals surface area contributed by atoms with Gasteiger partial charge in [-0.15, -0.1) is 0 Å². The molecular weight excluding hydrogens is 381 g/mol. The number of rotatable bonds is 8. The van der Waals surface area contributed by atoms with E-state index in [0.717, 1.165) is 36.6 Å². The van der Waals surface area contributed by atoms with Crippen LogP contribution >= 0.6 is 19.1 Å². The lowest BCUT2D eigenvalue weighted by molar-refractivity contribution is -0.141. The summed E-state index contributed by atoms with van der Waals surface area (Å²) in [6, 6.07) is 11.5. The molecule has 0 bridgehead atoms. The first-order valence-electron chi connectivity index (χ1n) is 9.45. The molecule has 0 radical (unpaired) electrons. The molecular formula is C20H26NO4PS. The van der Waals surface area contributed by atoms with E-state index in [1.165, 1.54) is 18.2 Å². The molecule has 1 fully saturated rings. The lowest BCUT2D eigenvalue weighted by Crippen LogP contribution is -2.23. The fraction of sp³-hybridized carbons (Fsp3) is 0.500. The molecule has 0 amide bonds. The Morgan fingerprint density at radius 1 is 1.19 bits per heavy atom. The number of carboxylic acids is 1. The van der Waals surface area contributed by atoms with Gasteiger partial charge in [-0.1, -0.05) is 68.1 Å². The monoisotopic (exact) mass is 407 g/mol. The molecule has 1 aromatic heterocycles. The van der Waals surface area contributed by atoms with Gasteiger partial charge < -0.3 is 10.00 Å². The third kappa shape index (κ3) is 6.06. The van der Waals surface area contributed by atoms with Gasteiger partial charge in [-0.3, -0.25) is 9.36 Å². The first-order chi connectivity index (χ1) is 12.9. The summed E-state index contributed by atoms with van der Waals surface area (Å²) in [6.07, 6.45) is 5.92. The van der Waals surface area contributed by atoms with Crippen molar-refractivity contribution < 1.29 is 19.4 Å². The fourth-order valence-corrected chi connectivity index (χ4v) is 6.85. The van der Waals surface area contributed by atoms with Gasteiger partial charge in [0.15, 0.2) is 0 Å². The van der Waals surface area contributed by atoms with E-state index in [1.807, 2.05) is 36.4 Å². The molecule has 1 heterocycles. The van der Waals surface area contributed by atoms with Crippen molar-refractivity contribution >= 4 is 36.0 Å². The predicted molar refractivity (Wildman–Crippen MR) is 109 cm³/mol. The fourth-order valence-electron chi connectivity index (χ4n) is 3.77. The van der Waals surface area contributed by atoms with Gasteiger partial charge in [-0.2, -0.15) is 0 Å². The van der Waals surface area contributed by atoms with Crippen molar-refractivity contribution in [2.75, 3.05) is 11.7 Å². The molecule has 1 saturated carbocycles. The zero-order valence-corrected chi connectivity index (χ0v) is 17.0. The second-order valence-corrected chi connectivity index (χ2v) is 11.2. The number of carbonyl (C=O) groups is 1. The van der Waals surface area contributed by atoms with Gasteiger partial charge in [0.05, 0.1) is 22.0 Å². The number of hydrogen-bond donors (Lipinski definition) is 2.